The summed E-state index contributed by atoms with van der Waals surface area (Å²) in [6, 6.07) is 2.01. The SMILES string of the molecule is CCc1cc(NC)nc(C2(OC)CCCC(C)C2)n1. The van der Waals surface area contributed by atoms with Crippen LogP contribution >= 0.6 is 0 Å². The first-order chi connectivity index (χ1) is 9.13. The normalized spacial score (nSPS) is 27.3. The molecule has 0 spiro atoms. The topological polar surface area (TPSA) is 47.0 Å². The summed E-state index contributed by atoms with van der Waals surface area (Å²) in [5, 5.41) is 3.13. The van der Waals surface area contributed by atoms with E-state index < -0.39 is 0 Å². The first-order valence-corrected chi connectivity index (χ1v) is 7.25. The van der Waals surface area contributed by atoms with E-state index in [2.05, 4.69) is 24.1 Å². The van der Waals surface area contributed by atoms with Gasteiger partial charge in [0.05, 0.1) is 0 Å². The van der Waals surface area contributed by atoms with Crippen molar-refractivity contribution in [2.24, 2.45) is 5.92 Å². The molecule has 0 aromatic carbocycles. The van der Waals surface area contributed by atoms with Gasteiger partial charge in [-0.25, -0.2) is 9.97 Å². The van der Waals surface area contributed by atoms with E-state index in [0.717, 1.165) is 36.6 Å². The van der Waals surface area contributed by atoms with Crippen LogP contribution in [0.15, 0.2) is 6.07 Å². The molecule has 0 aliphatic heterocycles. The van der Waals surface area contributed by atoms with Crippen molar-refractivity contribution in [3.8, 4) is 0 Å². The van der Waals surface area contributed by atoms with Gasteiger partial charge in [0.1, 0.15) is 11.4 Å². The van der Waals surface area contributed by atoms with Crippen LogP contribution in [0.1, 0.15) is 51.0 Å². The summed E-state index contributed by atoms with van der Waals surface area (Å²) in [6.45, 7) is 4.41. The predicted octanol–water partition coefficient (Wildman–Crippen LogP) is 3.13. The molecule has 1 fully saturated rings. The molecule has 0 amide bonds. The molecule has 19 heavy (non-hydrogen) atoms. The summed E-state index contributed by atoms with van der Waals surface area (Å²) >= 11 is 0. The van der Waals surface area contributed by atoms with Gasteiger partial charge in [-0.15, -0.1) is 0 Å². The third kappa shape index (κ3) is 2.89. The zero-order valence-corrected chi connectivity index (χ0v) is 12.5. The molecule has 4 nitrogen and oxygen atoms in total. The Labute approximate surface area is 116 Å². The largest absolute Gasteiger partial charge is 0.373 e. The van der Waals surface area contributed by atoms with Crippen LogP contribution in [-0.2, 0) is 16.8 Å². The number of aryl methyl sites for hydroxylation is 1. The summed E-state index contributed by atoms with van der Waals surface area (Å²) in [5.74, 6) is 2.40. The van der Waals surface area contributed by atoms with Crippen LogP contribution < -0.4 is 5.32 Å². The third-order valence-corrected chi connectivity index (χ3v) is 4.15. The van der Waals surface area contributed by atoms with Crippen LogP contribution in [0.4, 0.5) is 5.82 Å². The molecular weight excluding hydrogens is 238 g/mol. The number of hydrogen-bond donors (Lipinski definition) is 1. The second-order valence-corrected chi connectivity index (χ2v) is 5.57. The summed E-state index contributed by atoms with van der Waals surface area (Å²) in [6.07, 6.45) is 5.41. The van der Waals surface area contributed by atoms with Gasteiger partial charge in [-0.3, -0.25) is 0 Å². The van der Waals surface area contributed by atoms with Crippen molar-refractivity contribution in [2.75, 3.05) is 19.5 Å². The van der Waals surface area contributed by atoms with E-state index in [1.807, 2.05) is 13.1 Å². The standard InChI is InChI=1S/C15H25N3O/c1-5-12-9-13(16-3)18-14(17-12)15(19-4)8-6-7-11(2)10-15/h9,11H,5-8,10H2,1-4H3,(H,16,17,18). The number of methoxy groups -OCH3 is 1. The van der Waals surface area contributed by atoms with Gasteiger partial charge in [-0.2, -0.15) is 0 Å². The molecule has 1 N–H and O–H groups in total. The van der Waals surface area contributed by atoms with Gasteiger partial charge in [0.15, 0.2) is 5.82 Å². The fraction of sp³-hybridized carbons (Fsp3) is 0.733. The van der Waals surface area contributed by atoms with E-state index in [1.165, 1.54) is 12.8 Å². The number of anilines is 1. The number of ether oxygens (including phenoxy) is 1. The number of hydrogen-bond acceptors (Lipinski definition) is 4. The Balaban J connectivity index is 2.41. The Morgan fingerprint density at radius 1 is 1.47 bits per heavy atom. The molecule has 1 aliphatic rings. The van der Waals surface area contributed by atoms with Gasteiger partial charge in [-0.1, -0.05) is 20.3 Å². The first kappa shape index (κ1) is 14.3. The second-order valence-electron chi connectivity index (χ2n) is 5.57. The van der Waals surface area contributed by atoms with Crippen LogP contribution in [0.5, 0.6) is 0 Å². The summed E-state index contributed by atoms with van der Waals surface area (Å²) in [7, 11) is 3.69. The Morgan fingerprint density at radius 2 is 2.26 bits per heavy atom. The highest BCUT2D eigenvalue weighted by atomic mass is 16.5. The highest BCUT2D eigenvalue weighted by molar-refractivity contribution is 5.36. The summed E-state index contributed by atoms with van der Waals surface area (Å²) in [4.78, 5) is 9.38. The lowest BCUT2D eigenvalue weighted by Crippen LogP contribution is -2.36. The van der Waals surface area contributed by atoms with E-state index in [4.69, 9.17) is 9.72 Å². The van der Waals surface area contributed by atoms with Crippen molar-refractivity contribution in [3.05, 3.63) is 17.6 Å². The van der Waals surface area contributed by atoms with Crippen molar-refractivity contribution in [2.45, 2.75) is 51.6 Å². The first-order valence-electron chi connectivity index (χ1n) is 7.25. The molecule has 1 aliphatic carbocycles. The maximum Gasteiger partial charge on any atom is 0.162 e. The van der Waals surface area contributed by atoms with Crippen molar-refractivity contribution in [3.63, 3.8) is 0 Å². The zero-order valence-electron chi connectivity index (χ0n) is 12.5. The van der Waals surface area contributed by atoms with Crippen LogP contribution in [0.3, 0.4) is 0 Å². The summed E-state index contributed by atoms with van der Waals surface area (Å²) in [5.41, 5.74) is 0.776. The molecule has 0 radical (unpaired) electrons. The highest BCUT2D eigenvalue weighted by Crippen LogP contribution is 2.41. The Bertz CT molecular complexity index is 413. The minimum absolute atomic E-state index is 0.297. The van der Waals surface area contributed by atoms with Crippen LogP contribution in [0, 0.1) is 5.92 Å². The number of nitrogens with one attached hydrogen (secondary N) is 1. The van der Waals surface area contributed by atoms with E-state index in [1.54, 1.807) is 7.11 Å². The molecular formula is C15H25N3O. The molecule has 1 heterocycles. The van der Waals surface area contributed by atoms with Crippen LogP contribution in [0.25, 0.3) is 0 Å². The van der Waals surface area contributed by atoms with Crippen molar-refractivity contribution < 1.29 is 4.74 Å². The molecule has 2 unspecified atom stereocenters. The molecule has 4 heteroatoms. The average molecular weight is 263 g/mol. The lowest BCUT2D eigenvalue weighted by molar-refractivity contribution is -0.0646. The van der Waals surface area contributed by atoms with E-state index in [9.17, 15) is 0 Å². The Kier molecular flexibility index (Phi) is 4.40. The van der Waals surface area contributed by atoms with Gasteiger partial charge in [0.25, 0.3) is 0 Å². The third-order valence-electron chi connectivity index (χ3n) is 4.15. The maximum absolute atomic E-state index is 5.88. The molecule has 0 saturated heterocycles. The van der Waals surface area contributed by atoms with E-state index in [-0.39, 0.29) is 5.60 Å². The van der Waals surface area contributed by atoms with Gasteiger partial charge in [0.2, 0.25) is 0 Å². The lowest BCUT2D eigenvalue weighted by Gasteiger charge is -2.37. The van der Waals surface area contributed by atoms with Crippen molar-refractivity contribution in [1.29, 1.82) is 0 Å². The zero-order chi connectivity index (χ0) is 13.9. The monoisotopic (exact) mass is 263 g/mol. The van der Waals surface area contributed by atoms with Crippen molar-refractivity contribution >= 4 is 5.82 Å². The molecule has 2 atom stereocenters. The van der Waals surface area contributed by atoms with Gasteiger partial charge >= 0.3 is 0 Å². The minimum atomic E-state index is -0.297. The van der Waals surface area contributed by atoms with E-state index >= 15 is 0 Å². The van der Waals surface area contributed by atoms with E-state index in [0.29, 0.717) is 5.92 Å². The predicted molar refractivity (Wildman–Crippen MR) is 77.3 cm³/mol. The number of nitrogens with zero attached hydrogens (tertiary/aromatic N) is 2. The second kappa shape index (κ2) is 5.87. The van der Waals surface area contributed by atoms with Crippen molar-refractivity contribution in [1.82, 2.24) is 9.97 Å². The molecule has 1 aromatic heterocycles. The molecule has 1 aromatic rings. The average Bonchev–Trinajstić information content (AvgIpc) is 2.46. The molecule has 106 valence electrons. The molecule has 1 saturated carbocycles. The van der Waals surface area contributed by atoms with Gasteiger partial charge < -0.3 is 10.1 Å². The maximum atomic E-state index is 5.88. The Morgan fingerprint density at radius 3 is 2.84 bits per heavy atom. The summed E-state index contributed by atoms with van der Waals surface area (Å²) < 4.78 is 5.88. The smallest absolute Gasteiger partial charge is 0.162 e. The fourth-order valence-corrected chi connectivity index (χ4v) is 2.99. The number of rotatable bonds is 4. The number of aromatic nitrogens is 2. The van der Waals surface area contributed by atoms with Gasteiger partial charge in [0, 0.05) is 25.9 Å². The lowest BCUT2D eigenvalue weighted by atomic mass is 9.78. The van der Waals surface area contributed by atoms with Crippen LogP contribution in [-0.4, -0.2) is 24.1 Å². The van der Waals surface area contributed by atoms with Gasteiger partial charge in [-0.05, 0) is 31.6 Å². The fourth-order valence-electron chi connectivity index (χ4n) is 2.99. The molecule has 2 rings (SSSR count). The highest BCUT2D eigenvalue weighted by Gasteiger charge is 2.39. The molecule has 0 bridgehead atoms. The quantitative estimate of drug-likeness (QED) is 0.906. The van der Waals surface area contributed by atoms with Crippen LogP contribution in [0.2, 0.25) is 0 Å². The minimum Gasteiger partial charge on any atom is -0.373 e. The Hall–Kier alpha value is -1.16.